The molecule has 0 spiro atoms. The molecule has 12 heteroatoms. The number of nitrogens with zero attached hydrogens (tertiary/aromatic N) is 1. The molecule has 0 unspecified atom stereocenters. The van der Waals surface area contributed by atoms with Crippen LogP contribution in [0.3, 0.4) is 0 Å². The van der Waals surface area contributed by atoms with E-state index >= 15 is 0 Å². The maximum Gasteiger partial charge on any atom is 0.417 e. The van der Waals surface area contributed by atoms with Gasteiger partial charge in [-0.2, -0.15) is 17.6 Å². The van der Waals surface area contributed by atoms with Gasteiger partial charge in [0.15, 0.2) is 17.2 Å². The van der Waals surface area contributed by atoms with Gasteiger partial charge in [0, 0.05) is 29.3 Å². The number of halogens is 5. The summed E-state index contributed by atoms with van der Waals surface area (Å²) in [6.45, 7) is 0.520. The maximum atomic E-state index is 14.6. The van der Waals surface area contributed by atoms with E-state index in [0.29, 0.717) is 0 Å². The number of hydrogen-bond donors (Lipinski definition) is 3. The SMILES string of the molecule is C[C@H]1[C@@H](c2ccc(F)c(F)c2OCCO)[C@H](C(=O)Nc2ccnc(CO)c2)O[C@@]1(C)C(F)(F)F. The Morgan fingerprint density at radius 3 is 2.59 bits per heavy atom. The number of alkyl halides is 3. The van der Waals surface area contributed by atoms with E-state index in [1.165, 1.54) is 25.3 Å². The van der Waals surface area contributed by atoms with E-state index in [0.717, 1.165) is 19.1 Å². The molecule has 4 atom stereocenters. The molecule has 3 rings (SSSR count). The number of hydrogen-bond acceptors (Lipinski definition) is 6. The second-order valence-electron chi connectivity index (χ2n) is 7.99. The Balaban J connectivity index is 2.08. The molecule has 0 radical (unpaired) electrons. The van der Waals surface area contributed by atoms with E-state index in [2.05, 4.69) is 10.3 Å². The molecule has 1 aliphatic heterocycles. The number of aliphatic hydroxyl groups is 2. The number of aliphatic hydroxyl groups excluding tert-OH is 2. The highest BCUT2D eigenvalue weighted by atomic mass is 19.4. The van der Waals surface area contributed by atoms with Gasteiger partial charge in [0.25, 0.3) is 5.91 Å². The number of amides is 1. The summed E-state index contributed by atoms with van der Waals surface area (Å²) in [7, 11) is 0. The maximum absolute atomic E-state index is 14.6. The highest BCUT2D eigenvalue weighted by Gasteiger charge is 2.65. The summed E-state index contributed by atoms with van der Waals surface area (Å²) < 4.78 is 80.9. The summed E-state index contributed by atoms with van der Waals surface area (Å²) in [5.41, 5.74) is -2.66. The number of pyridine rings is 1. The largest absolute Gasteiger partial charge is 0.488 e. The lowest BCUT2D eigenvalue weighted by molar-refractivity contribution is -0.272. The molecule has 2 heterocycles. The van der Waals surface area contributed by atoms with Crippen molar-refractivity contribution in [3.63, 3.8) is 0 Å². The fraction of sp³-hybridized carbons (Fsp3) is 0.455. The Labute approximate surface area is 191 Å². The molecule has 1 aromatic carbocycles. The highest BCUT2D eigenvalue weighted by Crippen LogP contribution is 2.55. The first-order valence-corrected chi connectivity index (χ1v) is 10.3. The zero-order chi connectivity index (χ0) is 25.3. The minimum absolute atomic E-state index is 0.140. The summed E-state index contributed by atoms with van der Waals surface area (Å²) in [6, 6.07) is 4.44. The number of rotatable bonds is 7. The van der Waals surface area contributed by atoms with Crippen LogP contribution in [0.4, 0.5) is 27.6 Å². The average molecular weight is 490 g/mol. The number of nitrogens with one attached hydrogen (secondary N) is 1. The Morgan fingerprint density at radius 2 is 1.97 bits per heavy atom. The van der Waals surface area contributed by atoms with E-state index in [9.17, 15) is 31.9 Å². The van der Waals surface area contributed by atoms with Gasteiger partial charge in [0.2, 0.25) is 5.82 Å². The summed E-state index contributed by atoms with van der Waals surface area (Å²) in [4.78, 5) is 17.0. The van der Waals surface area contributed by atoms with Crippen LogP contribution in [-0.4, -0.2) is 52.2 Å². The molecule has 1 aliphatic rings. The molecule has 186 valence electrons. The summed E-state index contributed by atoms with van der Waals surface area (Å²) >= 11 is 0. The summed E-state index contributed by atoms with van der Waals surface area (Å²) in [6.07, 6.45) is -5.38. The zero-order valence-electron chi connectivity index (χ0n) is 18.2. The molecule has 1 amide bonds. The van der Waals surface area contributed by atoms with Gasteiger partial charge in [-0.3, -0.25) is 9.78 Å². The Bertz CT molecular complexity index is 1050. The van der Waals surface area contributed by atoms with Gasteiger partial charge in [-0.25, -0.2) is 4.39 Å². The Morgan fingerprint density at radius 1 is 1.26 bits per heavy atom. The normalized spacial score (nSPS) is 24.8. The molecule has 0 aliphatic carbocycles. The molecule has 1 aromatic heterocycles. The van der Waals surface area contributed by atoms with Crippen LogP contribution in [0.15, 0.2) is 30.5 Å². The van der Waals surface area contributed by atoms with Crippen LogP contribution in [-0.2, 0) is 16.1 Å². The number of carbonyl (C=O) groups excluding carboxylic acids is 1. The molecule has 2 aromatic rings. The van der Waals surface area contributed by atoms with Crippen molar-refractivity contribution in [1.82, 2.24) is 4.98 Å². The first kappa shape index (κ1) is 25.8. The van der Waals surface area contributed by atoms with Crippen LogP contribution < -0.4 is 10.1 Å². The van der Waals surface area contributed by atoms with Crippen LogP contribution in [0.5, 0.6) is 5.75 Å². The van der Waals surface area contributed by atoms with Gasteiger partial charge in [-0.15, -0.1) is 0 Å². The number of carbonyl (C=O) groups is 1. The number of anilines is 1. The van der Waals surface area contributed by atoms with Crippen molar-refractivity contribution in [2.75, 3.05) is 18.5 Å². The first-order chi connectivity index (χ1) is 15.9. The average Bonchev–Trinajstić information content (AvgIpc) is 3.07. The van der Waals surface area contributed by atoms with Gasteiger partial charge < -0.3 is 25.0 Å². The third-order valence-electron chi connectivity index (χ3n) is 5.95. The molecule has 0 bridgehead atoms. The van der Waals surface area contributed by atoms with Gasteiger partial charge >= 0.3 is 6.18 Å². The highest BCUT2D eigenvalue weighted by molar-refractivity contribution is 5.95. The van der Waals surface area contributed by atoms with Crippen molar-refractivity contribution in [3.05, 3.63) is 53.4 Å². The topological polar surface area (TPSA) is 101 Å². The lowest BCUT2D eigenvalue weighted by atomic mass is 9.77. The van der Waals surface area contributed by atoms with Crippen LogP contribution in [0.2, 0.25) is 0 Å². The van der Waals surface area contributed by atoms with Gasteiger partial charge in [0.05, 0.1) is 18.9 Å². The molecule has 34 heavy (non-hydrogen) atoms. The number of aromatic nitrogens is 1. The van der Waals surface area contributed by atoms with E-state index in [4.69, 9.17) is 14.6 Å². The molecular formula is C22H23F5N2O5. The Hall–Kier alpha value is -2.83. The third-order valence-corrected chi connectivity index (χ3v) is 5.95. The van der Waals surface area contributed by atoms with E-state index < -0.39 is 72.8 Å². The van der Waals surface area contributed by atoms with E-state index in [1.807, 2.05) is 0 Å². The second kappa shape index (κ2) is 9.80. The summed E-state index contributed by atoms with van der Waals surface area (Å²) in [5.74, 6) is -7.26. The molecule has 0 saturated carbocycles. The number of benzene rings is 1. The van der Waals surface area contributed by atoms with Crippen molar-refractivity contribution < 1.29 is 46.4 Å². The molecule has 1 fully saturated rings. The van der Waals surface area contributed by atoms with Crippen molar-refractivity contribution >= 4 is 11.6 Å². The molecule has 3 N–H and O–H groups in total. The van der Waals surface area contributed by atoms with Crippen molar-refractivity contribution in [2.45, 2.75) is 44.3 Å². The van der Waals surface area contributed by atoms with Crippen LogP contribution in [0, 0.1) is 17.6 Å². The molecular weight excluding hydrogens is 467 g/mol. The predicted molar refractivity (Wildman–Crippen MR) is 109 cm³/mol. The van der Waals surface area contributed by atoms with E-state index in [-0.39, 0.29) is 16.9 Å². The smallest absolute Gasteiger partial charge is 0.417 e. The molecule has 7 nitrogen and oxygen atoms in total. The van der Waals surface area contributed by atoms with Crippen molar-refractivity contribution in [2.24, 2.45) is 5.92 Å². The van der Waals surface area contributed by atoms with Crippen LogP contribution in [0.25, 0.3) is 0 Å². The Kier molecular flexibility index (Phi) is 7.44. The van der Waals surface area contributed by atoms with Crippen LogP contribution >= 0.6 is 0 Å². The van der Waals surface area contributed by atoms with Crippen molar-refractivity contribution in [1.29, 1.82) is 0 Å². The zero-order valence-corrected chi connectivity index (χ0v) is 18.2. The second-order valence-corrected chi connectivity index (χ2v) is 7.99. The first-order valence-electron chi connectivity index (χ1n) is 10.3. The predicted octanol–water partition coefficient (Wildman–Crippen LogP) is 3.30. The minimum atomic E-state index is -4.90. The standard InChI is InChI=1S/C22H23F5N2O5/c1-11-16(14-3-4-15(23)17(24)18(14)33-8-7-30)19(34-21(11,2)22(25,26)27)20(32)29-12-5-6-28-13(9-12)10-31/h3-6,9,11,16,19,30-31H,7-8,10H2,1-2H3,(H,28,29,32)/t11-,16-,19+,21+/m0/s1. The summed E-state index contributed by atoms with van der Waals surface area (Å²) in [5, 5.41) is 20.7. The monoisotopic (exact) mass is 490 g/mol. The van der Waals surface area contributed by atoms with Gasteiger partial charge in [0.1, 0.15) is 12.7 Å². The lowest BCUT2D eigenvalue weighted by Crippen LogP contribution is -2.47. The molecule has 1 saturated heterocycles. The lowest BCUT2D eigenvalue weighted by Gasteiger charge is -2.32. The minimum Gasteiger partial charge on any atom is -0.488 e. The third kappa shape index (κ3) is 4.70. The van der Waals surface area contributed by atoms with Crippen LogP contribution in [0.1, 0.15) is 31.0 Å². The fourth-order valence-electron chi connectivity index (χ4n) is 3.98. The van der Waals surface area contributed by atoms with Gasteiger partial charge in [-0.05, 0) is 25.1 Å². The van der Waals surface area contributed by atoms with Gasteiger partial charge in [-0.1, -0.05) is 13.0 Å². The van der Waals surface area contributed by atoms with Crippen molar-refractivity contribution in [3.8, 4) is 5.75 Å². The number of ether oxygens (including phenoxy) is 2. The fourth-order valence-corrected chi connectivity index (χ4v) is 3.98. The van der Waals surface area contributed by atoms with E-state index in [1.54, 1.807) is 0 Å². The quantitative estimate of drug-likeness (QED) is 0.515.